The molecule has 2 rings (SSSR count). The van der Waals surface area contributed by atoms with Gasteiger partial charge in [-0.15, -0.1) is 0 Å². The molecule has 0 aromatic heterocycles. The van der Waals surface area contributed by atoms with Crippen LogP contribution in [0.25, 0.3) is 0 Å². The van der Waals surface area contributed by atoms with E-state index in [4.69, 9.17) is 58.2 Å². The molecule has 38 heavy (non-hydrogen) atoms. The lowest BCUT2D eigenvalue weighted by atomic mass is 10.1. The summed E-state index contributed by atoms with van der Waals surface area (Å²) in [5.74, 6) is 0. The summed E-state index contributed by atoms with van der Waals surface area (Å²) in [5.41, 5.74) is 3.68. The zero-order valence-corrected chi connectivity index (χ0v) is 25.0. The normalized spacial score (nSPS) is 10.3. The van der Waals surface area contributed by atoms with Crippen molar-refractivity contribution in [1.29, 1.82) is 10.5 Å². The predicted molar refractivity (Wildman–Crippen MR) is 167 cm³/mol. The number of nitrogens with one attached hydrogen (secondary N) is 2. The molecule has 2 aromatic rings. The van der Waals surface area contributed by atoms with Crippen LogP contribution >= 0.6 is 47.6 Å². The fourth-order valence-electron chi connectivity index (χ4n) is 3.70. The number of thiocarbonyl (C=S) groups is 2. The second kappa shape index (κ2) is 17.1. The van der Waals surface area contributed by atoms with E-state index in [0.29, 0.717) is 46.2 Å². The van der Waals surface area contributed by atoms with Gasteiger partial charge in [-0.3, -0.25) is 0 Å². The van der Waals surface area contributed by atoms with Crippen LogP contribution in [0.15, 0.2) is 36.4 Å². The number of halogens is 2. The van der Waals surface area contributed by atoms with Crippen LogP contribution in [0.4, 0.5) is 11.4 Å². The first-order valence-electron chi connectivity index (χ1n) is 12.6. The molecule has 2 N–H and O–H groups in total. The summed E-state index contributed by atoms with van der Waals surface area (Å²) in [6.07, 6.45) is 4.74. The minimum absolute atomic E-state index is 0.404. The summed E-state index contributed by atoms with van der Waals surface area (Å²) in [5, 5.41) is 27.2. The molecule has 0 spiro atoms. The lowest BCUT2D eigenvalue weighted by Crippen LogP contribution is -2.36. The van der Waals surface area contributed by atoms with Gasteiger partial charge in [-0.05, 0) is 86.5 Å². The Kier molecular flexibility index (Phi) is 14.2. The molecule has 0 atom stereocenters. The van der Waals surface area contributed by atoms with Crippen molar-refractivity contribution in [3.63, 3.8) is 0 Å². The van der Waals surface area contributed by atoms with Crippen molar-refractivity contribution in [2.24, 2.45) is 0 Å². The van der Waals surface area contributed by atoms with Gasteiger partial charge in [-0.2, -0.15) is 10.5 Å². The Labute approximate surface area is 247 Å². The first kappa shape index (κ1) is 31.6. The third-order valence-corrected chi connectivity index (χ3v) is 7.55. The third-order valence-electron chi connectivity index (χ3n) is 6.01. The first-order valence-corrected chi connectivity index (χ1v) is 14.2. The number of rotatable bonds is 13. The smallest absolute Gasteiger partial charge is 0.173 e. The molecule has 0 saturated heterocycles. The standard InChI is InChI=1S/C28H34Cl2N6S2/c1-21-9-11-23(19-25(21)29)33-27(37)35(17-7-13-31)15-5-3-4-6-16-36(18-8-14-32)28(38)34-24-12-10-22(2)26(30)20-24/h9-12,19-20H,3-8,15-18H2,1-2H3,(H,33,37)(H,34,38). The number of nitriles is 2. The summed E-state index contributed by atoms with van der Waals surface area (Å²) in [6, 6.07) is 15.9. The predicted octanol–water partition coefficient (Wildman–Crippen LogP) is 7.70. The van der Waals surface area contributed by atoms with Gasteiger partial charge in [0.2, 0.25) is 0 Å². The van der Waals surface area contributed by atoms with E-state index in [1.165, 1.54) is 0 Å². The van der Waals surface area contributed by atoms with Gasteiger partial charge in [0.1, 0.15) is 0 Å². The fourth-order valence-corrected chi connectivity index (χ4v) is 4.67. The summed E-state index contributed by atoms with van der Waals surface area (Å²) in [6.45, 7) is 6.59. The highest BCUT2D eigenvalue weighted by atomic mass is 35.5. The highest BCUT2D eigenvalue weighted by molar-refractivity contribution is 7.80. The Balaban J connectivity index is 1.81. The van der Waals surface area contributed by atoms with Crippen LogP contribution in [0.2, 0.25) is 10.0 Å². The van der Waals surface area contributed by atoms with Crippen LogP contribution in [0.1, 0.15) is 49.7 Å². The van der Waals surface area contributed by atoms with E-state index >= 15 is 0 Å². The molecule has 0 bridgehead atoms. The average molecular weight is 590 g/mol. The molecule has 2 aromatic carbocycles. The van der Waals surface area contributed by atoms with Crippen LogP contribution < -0.4 is 10.6 Å². The second-order valence-electron chi connectivity index (χ2n) is 8.99. The average Bonchev–Trinajstić information content (AvgIpc) is 2.89. The topological polar surface area (TPSA) is 78.1 Å². The van der Waals surface area contributed by atoms with Gasteiger partial charge < -0.3 is 20.4 Å². The first-order chi connectivity index (χ1) is 18.2. The van der Waals surface area contributed by atoms with Crippen molar-refractivity contribution in [2.75, 3.05) is 36.8 Å². The monoisotopic (exact) mass is 588 g/mol. The van der Waals surface area contributed by atoms with Crippen molar-refractivity contribution < 1.29 is 0 Å². The number of hydrogen-bond donors (Lipinski definition) is 2. The van der Waals surface area contributed by atoms with E-state index < -0.39 is 0 Å². The molecule has 0 saturated carbocycles. The summed E-state index contributed by atoms with van der Waals surface area (Å²) >= 11 is 23.7. The van der Waals surface area contributed by atoms with E-state index in [1.54, 1.807) is 0 Å². The molecule has 0 aliphatic heterocycles. The van der Waals surface area contributed by atoms with Crippen molar-refractivity contribution in [2.45, 2.75) is 52.4 Å². The van der Waals surface area contributed by atoms with Crippen molar-refractivity contribution in [3.8, 4) is 12.1 Å². The Morgan fingerprint density at radius 2 is 1.11 bits per heavy atom. The van der Waals surface area contributed by atoms with Crippen molar-refractivity contribution >= 4 is 69.2 Å². The maximum atomic E-state index is 9.07. The number of anilines is 2. The molecule has 202 valence electrons. The van der Waals surface area contributed by atoms with Gasteiger partial charge in [0.15, 0.2) is 10.2 Å². The van der Waals surface area contributed by atoms with Crippen LogP contribution in [0.3, 0.4) is 0 Å². The molecule has 0 aliphatic carbocycles. The molecule has 0 fully saturated rings. The van der Waals surface area contributed by atoms with Crippen molar-refractivity contribution in [3.05, 3.63) is 57.6 Å². The molecule has 0 radical (unpaired) electrons. The quantitative estimate of drug-likeness (QED) is 0.182. The maximum Gasteiger partial charge on any atom is 0.173 e. The number of aryl methyl sites for hydroxylation is 2. The van der Waals surface area contributed by atoms with Gasteiger partial charge in [-0.1, -0.05) is 48.2 Å². The molecule has 0 aliphatic rings. The van der Waals surface area contributed by atoms with E-state index in [-0.39, 0.29) is 0 Å². The lowest BCUT2D eigenvalue weighted by Gasteiger charge is -2.26. The second-order valence-corrected chi connectivity index (χ2v) is 10.6. The number of benzene rings is 2. The van der Waals surface area contributed by atoms with E-state index in [0.717, 1.165) is 61.3 Å². The molecule has 0 amide bonds. The van der Waals surface area contributed by atoms with Gasteiger partial charge >= 0.3 is 0 Å². The van der Waals surface area contributed by atoms with Gasteiger partial charge in [0.25, 0.3) is 0 Å². The van der Waals surface area contributed by atoms with Crippen LogP contribution in [0, 0.1) is 36.5 Å². The summed E-state index contributed by atoms with van der Waals surface area (Å²) in [4.78, 5) is 4.08. The Bertz CT molecular complexity index is 1080. The molecular weight excluding hydrogens is 555 g/mol. The Morgan fingerprint density at radius 1 is 0.711 bits per heavy atom. The maximum absolute atomic E-state index is 9.07. The van der Waals surface area contributed by atoms with Crippen molar-refractivity contribution in [1.82, 2.24) is 9.80 Å². The Morgan fingerprint density at radius 3 is 1.45 bits per heavy atom. The highest BCUT2D eigenvalue weighted by Crippen LogP contribution is 2.21. The fraction of sp³-hybridized carbons (Fsp3) is 0.429. The van der Waals surface area contributed by atoms with Crippen LogP contribution in [-0.2, 0) is 0 Å². The van der Waals surface area contributed by atoms with E-state index in [2.05, 4.69) is 22.8 Å². The minimum Gasteiger partial charge on any atom is -0.348 e. The lowest BCUT2D eigenvalue weighted by molar-refractivity contribution is 0.392. The molecule has 10 heteroatoms. The van der Waals surface area contributed by atoms with Gasteiger partial charge in [0.05, 0.1) is 25.0 Å². The Hall–Kier alpha value is -2.62. The summed E-state index contributed by atoms with van der Waals surface area (Å²) in [7, 11) is 0. The highest BCUT2D eigenvalue weighted by Gasteiger charge is 2.12. The van der Waals surface area contributed by atoms with Gasteiger partial charge in [-0.25, -0.2) is 0 Å². The van der Waals surface area contributed by atoms with E-state index in [1.807, 2.05) is 60.0 Å². The molecule has 0 unspecified atom stereocenters. The zero-order chi connectivity index (χ0) is 27.9. The van der Waals surface area contributed by atoms with Crippen LogP contribution in [0.5, 0.6) is 0 Å². The minimum atomic E-state index is 0.404. The van der Waals surface area contributed by atoms with Crippen LogP contribution in [-0.4, -0.2) is 46.2 Å². The number of hydrogen-bond acceptors (Lipinski definition) is 4. The largest absolute Gasteiger partial charge is 0.348 e. The molecule has 0 heterocycles. The van der Waals surface area contributed by atoms with E-state index in [9.17, 15) is 0 Å². The summed E-state index contributed by atoms with van der Waals surface area (Å²) < 4.78 is 0. The molecular formula is C28H34Cl2N6S2. The number of unbranched alkanes of at least 4 members (excludes halogenated alkanes) is 3. The number of nitrogens with zero attached hydrogens (tertiary/aromatic N) is 4. The third kappa shape index (κ3) is 11.0. The zero-order valence-electron chi connectivity index (χ0n) is 21.9. The SMILES string of the molecule is Cc1ccc(NC(=S)N(CCC#N)CCCCCCN(CCC#N)C(=S)Nc2ccc(C)c(Cl)c2)cc1Cl. The van der Waals surface area contributed by atoms with Gasteiger partial charge in [0, 0.05) is 47.6 Å². The molecule has 6 nitrogen and oxygen atoms in total.